The maximum Gasteiger partial charge on any atom is 0.0398 e. The van der Waals surface area contributed by atoms with E-state index in [9.17, 15) is 0 Å². The maximum atomic E-state index is 6.74. The number of hydrogen-bond donors (Lipinski definition) is 1. The molecule has 7 rings (SSSR count). The summed E-state index contributed by atoms with van der Waals surface area (Å²) in [4.78, 5) is 0. The molecule has 0 atom stereocenters. The zero-order valence-corrected chi connectivity index (χ0v) is 12.6. The quantitative estimate of drug-likeness (QED) is 0.684. The van der Waals surface area contributed by atoms with Crippen LogP contribution in [0.1, 0.15) is 51.4 Å². The molecule has 5 aliphatic carbocycles. The number of allylic oxidation sites excluding steroid dienone is 7. The van der Waals surface area contributed by atoms with E-state index in [0.29, 0.717) is 11.0 Å². The minimum atomic E-state index is 0.249. The SMILES string of the molecule is NN1C2(CCC2)CC2=C/C=C\C=C/C=C2C23CCC1(C2)C3. The largest absolute Gasteiger partial charge is 0.268 e. The Morgan fingerprint density at radius 1 is 0.857 bits per heavy atom. The zero-order chi connectivity index (χ0) is 14.1. The van der Waals surface area contributed by atoms with Crippen molar-refractivity contribution >= 4 is 0 Å². The molecule has 2 heterocycles. The predicted octanol–water partition coefficient (Wildman–Crippen LogP) is 3.78. The standard InChI is InChI=1S/C19H24N2/c20-21-18(8-5-9-18)12-15-6-3-1-2-4-7-16(15)17-10-11-19(21,13-17)14-17/h1-4,6-7H,5,8-14,20H2/b2-1?,3-1-,4-2-,6-3?,7-4?,15-6?,16-7?,16-15?. The Balaban J connectivity index is 1.67. The van der Waals surface area contributed by atoms with Gasteiger partial charge in [-0.05, 0) is 67.9 Å². The first-order valence-corrected chi connectivity index (χ1v) is 8.48. The van der Waals surface area contributed by atoms with Gasteiger partial charge in [-0.2, -0.15) is 0 Å². The number of fused-ring (bicyclic) bond motifs is 1. The Labute approximate surface area is 127 Å². The van der Waals surface area contributed by atoms with Crippen LogP contribution in [0, 0.1) is 5.41 Å². The summed E-state index contributed by atoms with van der Waals surface area (Å²) in [6, 6.07) is 0. The minimum absolute atomic E-state index is 0.249. The molecule has 0 aromatic rings. The lowest BCUT2D eigenvalue weighted by Crippen LogP contribution is -2.71. The van der Waals surface area contributed by atoms with Gasteiger partial charge in [0.25, 0.3) is 0 Å². The normalized spacial score (nSPS) is 45.8. The summed E-state index contributed by atoms with van der Waals surface area (Å²) in [5, 5.41) is 2.35. The highest BCUT2D eigenvalue weighted by molar-refractivity contribution is 5.50. The minimum Gasteiger partial charge on any atom is -0.268 e. The van der Waals surface area contributed by atoms with Crippen molar-refractivity contribution in [3.63, 3.8) is 0 Å². The van der Waals surface area contributed by atoms with Crippen LogP contribution in [-0.4, -0.2) is 16.1 Å². The van der Waals surface area contributed by atoms with Crippen LogP contribution in [-0.2, 0) is 0 Å². The number of nitrogens with two attached hydrogens (primary N) is 1. The maximum absolute atomic E-state index is 6.74. The highest BCUT2D eigenvalue weighted by atomic mass is 15.5. The lowest BCUT2D eigenvalue weighted by atomic mass is 9.54. The molecule has 0 aromatic heterocycles. The fraction of sp³-hybridized carbons (Fsp3) is 0.579. The van der Waals surface area contributed by atoms with Gasteiger partial charge in [0.05, 0.1) is 0 Å². The highest BCUT2D eigenvalue weighted by Crippen LogP contribution is 2.71. The monoisotopic (exact) mass is 280 g/mol. The van der Waals surface area contributed by atoms with Gasteiger partial charge in [-0.25, -0.2) is 5.01 Å². The van der Waals surface area contributed by atoms with Gasteiger partial charge >= 0.3 is 0 Å². The fourth-order valence-electron chi connectivity index (χ4n) is 5.91. The number of hydrogen-bond acceptors (Lipinski definition) is 2. The van der Waals surface area contributed by atoms with Crippen LogP contribution >= 0.6 is 0 Å². The highest BCUT2D eigenvalue weighted by Gasteiger charge is 2.68. The first-order valence-electron chi connectivity index (χ1n) is 8.48. The lowest BCUT2D eigenvalue weighted by molar-refractivity contribution is -0.119. The van der Waals surface area contributed by atoms with Gasteiger partial charge in [-0.15, -0.1) is 0 Å². The molecular formula is C19H24N2. The number of nitrogens with zero attached hydrogens (tertiary/aromatic N) is 1. The number of hydrazine groups is 1. The molecular weight excluding hydrogens is 256 g/mol. The molecule has 21 heavy (non-hydrogen) atoms. The summed E-state index contributed by atoms with van der Waals surface area (Å²) in [5.74, 6) is 6.74. The van der Waals surface area contributed by atoms with Gasteiger partial charge < -0.3 is 0 Å². The van der Waals surface area contributed by atoms with Crippen molar-refractivity contribution < 1.29 is 0 Å². The molecule has 2 saturated heterocycles. The van der Waals surface area contributed by atoms with Gasteiger partial charge in [-0.3, -0.25) is 5.84 Å². The van der Waals surface area contributed by atoms with Crippen LogP contribution < -0.4 is 5.84 Å². The number of rotatable bonds is 0. The summed E-state index contributed by atoms with van der Waals surface area (Å²) >= 11 is 0. The van der Waals surface area contributed by atoms with Crippen molar-refractivity contribution in [3.05, 3.63) is 47.6 Å². The van der Waals surface area contributed by atoms with Crippen molar-refractivity contribution in [1.82, 2.24) is 5.01 Å². The Morgan fingerprint density at radius 2 is 1.62 bits per heavy atom. The van der Waals surface area contributed by atoms with Crippen molar-refractivity contribution in [3.8, 4) is 0 Å². The lowest BCUT2D eigenvalue weighted by Gasteiger charge is -2.63. The van der Waals surface area contributed by atoms with E-state index in [4.69, 9.17) is 5.84 Å². The molecule has 2 aliphatic heterocycles. The fourth-order valence-corrected chi connectivity index (χ4v) is 5.91. The molecule has 0 radical (unpaired) electrons. The molecule has 4 saturated carbocycles. The Morgan fingerprint density at radius 3 is 2.33 bits per heavy atom. The van der Waals surface area contributed by atoms with Crippen molar-refractivity contribution in [2.75, 3.05) is 0 Å². The van der Waals surface area contributed by atoms with Crippen molar-refractivity contribution in [1.29, 1.82) is 0 Å². The van der Waals surface area contributed by atoms with E-state index in [-0.39, 0.29) is 5.54 Å². The van der Waals surface area contributed by atoms with E-state index >= 15 is 0 Å². The van der Waals surface area contributed by atoms with Crippen LogP contribution in [0.25, 0.3) is 0 Å². The van der Waals surface area contributed by atoms with Crippen LogP contribution in [0.5, 0.6) is 0 Å². The smallest absolute Gasteiger partial charge is 0.0398 e. The molecule has 2 bridgehead atoms. The summed E-state index contributed by atoms with van der Waals surface area (Å²) in [6.07, 6.45) is 23.8. The Bertz CT molecular complexity index is 609. The Kier molecular flexibility index (Phi) is 2.25. The van der Waals surface area contributed by atoms with E-state index in [1.165, 1.54) is 44.9 Å². The van der Waals surface area contributed by atoms with E-state index in [1.54, 1.807) is 11.1 Å². The second kappa shape index (κ2) is 3.80. The van der Waals surface area contributed by atoms with E-state index in [2.05, 4.69) is 41.5 Å². The third-order valence-electron chi connectivity index (χ3n) is 7.04. The first-order chi connectivity index (χ1) is 10.2. The molecule has 0 unspecified atom stereocenters. The summed E-state index contributed by atoms with van der Waals surface area (Å²) in [7, 11) is 0. The first kappa shape index (κ1) is 12.4. The molecule has 2 N–H and O–H groups in total. The molecule has 6 fully saturated rings. The average molecular weight is 280 g/mol. The molecule has 110 valence electrons. The van der Waals surface area contributed by atoms with Crippen LogP contribution in [0.3, 0.4) is 0 Å². The molecule has 1 spiro atoms. The third kappa shape index (κ3) is 1.40. The van der Waals surface area contributed by atoms with E-state index in [0.717, 1.165) is 6.42 Å². The summed E-state index contributed by atoms with van der Waals surface area (Å²) in [6.45, 7) is 0. The summed E-state index contributed by atoms with van der Waals surface area (Å²) < 4.78 is 0. The molecule has 0 amide bonds. The summed E-state index contributed by atoms with van der Waals surface area (Å²) in [5.41, 5.74) is 4.20. The average Bonchev–Trinajstić information content (AvgIpc) is 2.91. The molecule has 7 aliphatic rings. The van der Waals surface area contributed by atoms with E-state index in [1.807, 2.05) is 0 Å². The van der Waals surface area contributed by atoms with Gasteiger partial charge in [-0.1, -0.05) is 36.5 Å². The second-order valence-corrected chi connectivity index (χ2v) is 8.02. The second-order valence-electron chi connectivity index (χ2n) is 8.02. The molecule has 2 heteroatoms. The van der Waals surface area contributed by atoms with Crippen LogP contribution in [0.4, 0.5) is 0 Å². The van der Waals surface area contributed by atoms with Gasteiger partial charge in [0.1, 0.15) is 0 Å². The molecule has 0 aromatic carbocycles. The molecule has 2 nitrogen and oxygen atoms in total. The van der Waals surface area contributed by atoms with E-state index < -0.39 is 0 Å². The van der Waals surface area contributed by atoms with Gasteiger partial charge in [0, 0.05) is 11.1 Å². The predicted molar refractivity (Wildman–Crippen MR) is 85.3 cm³/mol. The zero-order valence-electron chi connectivity index (χ0n) is 12.6. The van der Waals surface area contributed by atoms with Crippen molar-refractivity contribution in [2.24, 2.45) is 11.3 Å². The third-order valence-corrected chi connectivity index (χ3v) is 7.04. The Hall–Kier alpha value is -1.12. The van der Waals surface area contributed by atoms with Crippen LogP contribution in [0.2, 0.25) is 0 Å². The van der Waals surface area contributed by atoms with Gasteiger partial charge in [0.15, 0.2) is 0 Å². The van der Waals surface area contributed by atoms with Crippen LogP contribution in [0.15, 0.2) is 47.6 Å². The van der Waals surface area contributed by atoms with Crippen molar-refractivity contribution in [2.45, 2.75) is 62.4 Å². The topological polar surface area (TPSA) is 29.3 Å². The van der Waals surface area contributed by atoms with Gasteiger partial charge in [0.2, 0.25) is 0 Å².